The van der Waals surface area contributed by atoms with Gasteiger partial charge in [-0.3, -0.25) is 4.40 Å². The van der Waals surface area contributed by atoms with E-state index in [1.54, 1.807) is 0 Å². The van der Waals surface area contributed by atoms with E-state index in [1.807, 2.05) is 65.2 Å². The third-order valence-electron chi connectivity index (χ3n) is 5.03. The molecule has 0 spiro atoms. The molecule has 2 aromatic heterocycles. The topological polar surface area (TPSA) is 17.3 Å². The maximum Gasteiger partial charge on any atom is 0.416 e. The molecule has 5 aromatic rings. The number of alkyl halides is 3. The van der Waals surface area contributed by atoms with Gasteiger partial charge in [-0.05, 0) is 29.1 Å². The van der Waals surface area contributed by atoms with Gasteiger partial charge in [0.1, 0.15) is 5.65 Å². The fraction of sp³-hybridized carbons (Fsp3) is 0.0870. The van der Waals surface area contributed by atoms with E-state index in [1.165, 1.54) is 12.1 Å². The lowest BCUT2D eigenvalue weighted by molar-refractivity contribution is -0.137. The second-order valence-corrected chi connectivity index (χ2v) is 6.86. The van der Waals surface area contributed by atoms with Gasteiger partial charge in [0.15, 0.2) is 0 Å². The zero-order valence-corrected chi connectivity index (χ0v) is 14.7. The Balaban J connectivity index is 1.80. The summed E-state index contributed by atoms with van der Waals surface area (Å²) in [6, 6.07) is 21.4. The van der Waals surface area contributed by atoms with E-state index in [0.29, 0.717) is 22.8 Å². The Bertz CT molecular complexity index is 1320. The first-order valence-corrected chi connectivity index (χ1v) is 8.94. The molecule has 0 unspecified atom stereocenters. The summed E-state index contributed by atoms with van der Waals surface area (Å²) in [4.78, 5) is 4.76. The van der Waals surface area contributed by atoms with Crippen LogP contribution in [0.15, 0.2) is 79.0 Å². The second kappa shape index (κ2) is 6.09. The molecule has 0 aliphatic heterocycles. The predicted octanol–water partition coefficient (Wildman–Crippen LogP) is 6.25. The van der Waals surface area contributed by atoms with Crippen LogP contribution in [0.1, 0.15) is 16.8 Å². The van der Waals surface area contributed by atoms with Crippen molar-refractivity contribution in [3.05, 3.63) is 95.8 Å². The highest BCUT2D eigenvalue weighted by molar-refractivity contribution is 6.11. The van der Waals surface area contributed by atoms with E-state index in [2.05, 4.69) is 0 Å². The van der Waals surface area contributed by atoms with Crippen LogP contribution in [0.5, 0.6) is 0 Å². The highest BCUT2D eigenvalue weighted by atomic mass is 19.4. The number of benzene rings is 3. The summed E-state index contributed by atoms with van der Waals surface area (Å²) in [5.41, 5.74) is 2.89. The Morgan fingerprint density at radius 1 is 0.786 bits per heavy atom. The molecule has 5 rings (SSSR count). The van der Waals surface area contributed by atoms with Crippen LogP contribution in [-0.4, -0.2) is 9.38 Å². The first kappa shape index (κ1) is 16.8. The summed E-state index contributed by atoms with van der Waals surface area (Å²) in [6.07, 6.45) is -1.74. The van der Waals surface area contributed by atoms with Crippen molar-refractivity contribution in [2.45, 2.75) is 12.6 Å². The van der Waals surface area contributed by atoms with Gasteiger partial charge in [-0.1, -0.05) is 54.6 Å². The third kappa shape index (κ3) is 2.71. The Hall–Kier alpha value is -3.34. The summed E-state index contributed by atoms with van der Waals surface area (Å²) in [6.45, 7) is 0. The maximum absolute atomic E-state index is 13.3. The lowest BCUT2D eigenvalue weighted by Gasteiger charge is -2.11. The van der Waals surface area contributed by atoms with E-state index in [4.69, 9.17) is 4.98 Å². The molecular weight excluding hydrogens is 361 g/mol. The van der Waals surface area contributed by atoms with Crippen molar-refractivity contribution < 1.29 is 13.2 Å². The largest absolute Gasteiger partial charge is 0.416 e. The van der Waals surface area contributed by atoms with Gasteiger partial charge in [-0.15, -0.1) is 0 Å². The molecule has 0 N–H and O–H groups in total. The first-order valence-electron chi connectivity index (χ1n) is 8.94. The number of halogens is 3. The van der Waals surface area contributed by atoms with Crippen molar-refractivity contribution in [2.75, 3.05) is 0 Å². The molecule has 0 aliphatic rings. The van der Waals surface area contributed by atoms with Crippen molar-refractivity contribution in [2.24, 2.45) is 0 Å². The number of nitrogens with zero attached hydrogens (tertiary/aromatic N) is 2. The van der Waals surface area contributed by atoms with E-state index in [-0.39, 0.29) is 0 Å². The van der Waals surface area contributed by atoms with Crippen molar-refractivity contribution in [1.29, 1.82) is 0 Å². The Labute approximate surface area is 158 Å². The van der Waals surface area contributed by atoms with Crippen molar-refractivity contribution in [3.8, 4) is 0 Å². The minimum Gasteiger partial charge on any atom is -0.299 e. The van der Waals surface area contributed by atoms with Gasteiger partial charge in [0, 0.05) is 23.4 Å². The first-order chi connectivity index (χ1) is 13.5. The van der Waals surface area contributed by atoms with E-state index < -0.39 is 11.7 Å². The van der Waals surface area contributed by atoms with Crippen molar-refractivity contribution in [3.63, 3.8) is 0 Å². The molecule has 3 aromatic carbocycles. The molecule has 28 heavy (non-hydrogen) atoms. The summed E-state index contributed by atoms with van der Waals surface area (Å²) in [5.74, 6) is 0. The maximum atomic E-state index is 13.3. The number of para-hydroxylation sites is 1. The highest BCUT2D eigenvalue weighted by Gasteiger charge is 2.30. The summed E-state index contributed by atoms with van der Waals surface area (Å²) < 4.78 is 41.7. The van der Waals surface area contributed by atoms with E-state index in [0.717, 1.165) is 28.2 Å². The van der Waals surface area contributed by atoms with Crippen LogP contribution in [0, 0.1) is 0 Å². The molecule has 0 amide bonds. The van der Waals surface area contributed by atoms with E-state index >= 15 is 0 Å². The van der Waals surface area contributed by atoms with Crippen LogP contribution in [0.4, 0.5) is 13.2 Å². The van der Waals surface area contributed by atoms with Gasteiger partial charge in [-0.2, -0.15) is 13.2 Å². The van der Waals surface area contributed by atoms with Crippen LogP contribution < -0.4 is 0 Å². The molecular formula is C23H15F3N2. The number of rotatable bonds is 2. The number of hydrogen-bond donors (Lipinski definition) is 0. The van der Waals surface area contributed by atoms with Crippen LogP contribution >= 0.6 is 0 Å². The van der Waals surface area contributed by atoms with E-state index in [9.17, 15) is 13.2 Å². The second-order valence-electron chi connectivity index (χ2n) is 6.86. The summed E-state index contributed by atoms with van der Waals surface area (Å²) in [5, 5.41) is 2.06. The monoisotopic (exact) mass is 376 g/mol. The average Bonchev–Trinajstić information content (AvgIpc) is 3.12. The predicted molar refractivity (Wildman–Crippen MR) is 104 cm³/mol. The van der Waals surface area contributed by atoms with Gasteiger partial charge >= 0.3 is 6.18 Å². The molecule has 0 fully saturated rings. The molecule has 0 saturated heterocycles. The number of pyridine rings is 1. The molecule has 0 atom stereocenters. The summed E-state index contributed by atoms with van der Waals surface area (Å²) in [7, 11) is 0. The minimum atomic E-state index is -4.38. The number of fused-ring (bicyclic) bond motifs is 6. The smallest absolute Gasteiger partial charge is 0.299 e. The number of hydrogen-bond acceptors (Lipinski definition) is 1. The van der Waals surface area contributed by atoms with Crippen LogP contribution in [0.2, 0.25) is 0 Å². The molecule has 138 valence electrons. The molecule has 2 heterocycles. The molecule has 5 heteroatoms. The van der Waals surface area contributed by atoms with Crippen LogP contribution in [-0.2, 0) is 12.6 Å². The van der Waals surface area contributed by atoms with Gasteiger partial charge < -0.3 is 0 Å². The van der Waals surface area contributed by atoms with Gasteiger partial charge in [0.2, 0.25) is 0 Å². The quantitative estimate of drug-likeness (QED) is 0.333. The highest BCUT2D eigenvalue weighted by Crippen LogP contribution is 2.35. The van der Waals surface area contributed by atoms with Crippen molar-refractivity contribution >= 4 is 27.3 Å². The molecule has 2 nitrogen and oxygen atoms in total. The standard InChI is InChI=1S/C23H15F3N2/c24-23(25,26)16-10-11-19-20(13-16)18-8-4-5-9-21(18)28-14-17(27-22(19)28)12-15-6-2-1-3-7-15/h1-11,13-14H,12H2. The normalized spacial score (nSPS) is 12.2. The SMILES string of the molecule is FC(F)(F)c1ccc2c(c1)c1ccccc1n1cc(Cc3ccccc3)nc21. The number of imidazole rings is 1. The summed E-state index contributed by atoms with van der Waals surface area (Å²) >= 11 is 0. The van der Waals surface area contributed by atoms with Gasteiger partial charge in [0.25, 0.3) is 0 Å². The molecule has 0 bridgehead atoms. The fourth-order valence-corrected chi connectivity index (χ4v) is 3.74. The Morgan fingerprint density at radius 2 is 1.54 bits per heavy atom. The fourth-order valence-electron chi connectivity index (χ4n) is 3.74. The zero-order chi connectivity index (χ0) is 19.3. The molecule has 0 aliphatic carbocycles. The van der Waals surface area contributed by atoms with Crippen LogP contribution in [0.3, 0.4) is 0 Å². The molecule has 0 radical (unpaired) electrons. The lowest BCUT2D eigenvalue weighted by atomic mass is 10.0. The minimum absolute atomic E-state index is 0.565. The van der Waals surface area contributed by atoms with Gasteiger partial charge in [-0.25, -0.2) is 4.98 Å². The van der Waals surface area contributed by atoms with Gasteiger partial charge in [0.05, 0.1) is 16.8 Å². The third-order valence-corrected chi connectivity index (χ3v) is 5.03. The van der Waals surface area contributed by atoms with Crippen LogP contribution in [0.25, 0.3) is 27.3 Å². The Kier molecular flexibility index (Phi) is 3.66. The zero-order valence-electron chi connectivity index (χ0n) is 14.7. The number of aromatic nitrogens is 2. The lowest BCUT2D eigenvalue weighted by Crippen LogP contribution is -2.04. The average molecular weight is 376 g/mol. The molecule has 0 saturated carbocycles. The van der Waals surface area contributed by atoms with Crippen molar-refractivity contribution in [1.82, 2.24) is 9.38 Å². The Morgan fingerprint density at radius 3 is 2.32 bits per heavy atom.